The number of rotatable bonds is 15. The lowest BCUT2D eigenvalue weighted by molar-refractivity contribution is -0.176. The van der Waals surface area contributed by atoms with Gasteiger partial charge >= 0.3 is 17.9 Å². The monoisotopic (exact) mass is 372 g/mol. The van der Waals surface area contributed by atoms with E-state index in [2.05, 4.69) is 6.92 Å². The Kier molecular flexibility index (Phi) is 14.7. The van der Waals surface area contributed by atoms with Crippen molar-refractivity contribution in [2.45, 2.75) is 104 Å². The van der Waals surface area contributed by atoms with Gasteiger partial charge in [-0.15, -0.1) is 0 Å². The molecule has 0 aliphatic heterocycles. The van der Waals surface area contributed by atoms with Crippen molar-refractivity contribution in [3.05, 3.63) is 0 Å². The summed E-state index contributed by atoms with van der Waals surface area (Å²) in [5.41, 5.74) is 0. The third-order valence-electron chi connectivity index (χ3n) is 4.04. The standard InChI is InChI=1S/C20H36O6/c1-5-7-8-9-10-11-12-13-14-15-18(21)25-17(4)20(23)26-16(3)19(22)24-6-2/h16-17H,5-15H2,1-4H3. The van der Waals surface area contributed by atoms with Gasteiger partial charge in [0.2, 0.25) is 0 Å². The molecule has 0 heterocycles. The van der Waals surface area contributed by atoms with Gasteiger partial charge in [0.05, 0.1) is 6.61 Å². The summed E-state index contributed by atoms with van der Waals surface area (Å²) in [4.78, 5) is 35.0. The third-order valence-corrected chi connectivity index (χ3v) is 4.04. The van der Waals surface area contributed by atoms with Crippen LogP contribution in [0.3, 0.4) is 0 Å². The van der Waals surface area contributed by atoms with Gasteiger partial charge < -0.3 is 14.2 Å². The Morgan fingerprint density at radius 1 is 0.692 bits per heavy atom. The van der Waals surface area contributed by atoms with E-state index in [9.17, 15) is 14.4 Å². The average molecular weight is 373 g/mol. The molecule has 0 fully saturated rings. The predicted octanol–water partition coefficient (Wildman–Crippen LogP) is 4.33. The summed E-state index contributed by atoms with van der Waals surface area (Å²) in [6.07, 6.45) is 8.75. The van der Waals surface area contributed by atoms with E-state index in [1.54, 1.807) is 6.92 Å². The smallest absolute Gasteiger partial charge is 0.347 e. The first-order valence-electron chi connectivity index (χ1n) is 9.98. The predicted molar refractivity (Wildman–Crippen MR) is 99.6 cm³/mol. The molecule has 0 saturated heterocycles. The maximum atomic E-state index is 11.8. The number of hydrogen-bond donors (Lipinski definition) is 0. The molecular weight excluding hydrogens is 336 g/mol. The van der Waals surface area contributed by atoms with Crippen LogP contribution in [-0.4, -0.2) is 36.7 Å². The van der Waals surface area contributed by atoms with Crippen molar-refractivity contribution in [3.63, 3.8) is 0 Å². The Balaban J connectivity index is 3.78. The zero-order chi connectivity index (χ0) is 19.8. The lowest BCUT2D eigenvalue weighted by Gasteiger charge is -2.16. The van der Waals surface area contributed by atoms with Crippen LogP contribution in [0.4, 0.5) is 0 Å². The third kappa shape index (κ3) is 12.7. The van der Waals surface area contributed by atoms with Gasteiger partial charge in [0.1, 0.15) is 0 Å². The molecule has 152 valence electrons. The highest BCUT2D eigenvalue weighted by atomic mass is 16.6. The van der Waals surface area contributed by atoms with Crippen molar-refractivity contribution >= 4 is 17.9 Å². The summed E-state index contributed by atoms with van der Waals surface area (Å²) in [6, 6.07) is 0. The van der Waals surface area contributed by atoms with Gasteiger partial charge in [-0.3, -0.25) is 4.79 Å². The number of unbranched alkanes of at least 4 members (excludes halogenated alkanes) is 8. The maximum Gasteiger partial charge on any atom is 0.347 e. The zero-order valence-corrected chi connectivity index (χ0v) is 16.9. The molecule has 0 N–H and O–H groups in total. The summed E-state index contributed by atoms with van der Waals surface area (Å²) in [5, 5.41) is 0. The number of esters is 3. The summed E-state index contributed by atoms with van der Waals surface area (Å²) < 4.78 is 14.7. The molecule has 0 aliphatic carbocycles. The fraction of sp³-hybridized carbons (Fsp3) is 0.850. The second-order valence-corrected chi connectivity index (χ2v) is 6.54. The fourth-order valence-corrected chi connectivity index (χ4v) is 2.46. The molecule has 2 atom stereocenters. The van der Waals surface area contributed by atoms with E-state index in [-0.39, 0.29) is 6.61 Å². The van der Waals surface area contributed by atoms with Crippen LogP contribution in [0.25, 0.3) is 0 Å². The highest BCUT2D eigenvalue weighted by Crippen LogP contribution is 2.11. The van der Waals surface area contributed by atoms with Crippen LogP contribution in [0.1, 0.15) is 91.9 Å². The molecule has 0 aromatic rings. The van der Waals surface area contributed by atoms with E-state index in [4.69, 9.17) is 14.2 Å². The Morgan fingerprint density at radius 3 is 1.73 bits per heavy atom. The minimum Gasteiger partial charge on any atom is -0.463 e. The van der Waals surface area contributed by atoms with Gasteiger partial charge in [0.15, 0.2) is 12.2 Å². The van der Waals surface area contributed by atoms with Crippen LogP contribution in [0.5, 0.6) is 0 Å². The highest BCUT2D eigenvalue weighted by Gasteiger charge is 2.25. The molecule has 0 amide bonds. The molecule has 0 aromatic heterocycles. The largest absolute Gasteiger partial charge is 0.463 e. The lowest BCUT2D eigenvalue weighted by atomic mass is 10.1. The molecular formula is C20H36O6. The van der Waals surface area contributed by atoms with Gasteiger partial charge in [-0.2, -0.15) is 0 Å². The van der Waals surface area contributed by atoms with Crippen LogP contribution in [-0.2, 0) is 28.6 Å². The Labute approximate surface area is 157 Å². The molecule has 26 heavy (non-hydrogen) atoms. The molecule has 6 nitrogen and oxygen atoms in total. The molecule has 2 unspecified atom stereocenters. The van der Waals surface area contributed by atoms with Crippen molar-refractivity contribution in [2.24, 2.45) is 0 Å². The van der Waals surface area contributed by atoms with Crippen molar-refractivity contribution in [2.75, 3.05) is 6.61 Å². The Morgan fingerprint density at radius 2 is 1.19 bits per heavy atom. The number of ether oxygens (including phenoxy) is 3. The second-order valence-electron chi connectivity index (χ2n) is 6.54. The van der Waals surface area contributed by atoms with Gasteiger partial charge in [-0.05, 0) is 27.2 Å². The van der Waals surface area contributed by atoms with Gasteiger partial charge in [-0.1, -0.05) is 58.3 Å². The molecule has 0 aliphatic rings. The zero-order valence-electron chi connectivity index (χ0n) is 16.9. The molecule has 0 bridgehead atoms. The van der Waals surface area contributed by atoms with Gasteiger partial charge in [0, 0.05) is 6.42 Å². The molecule has 0 rings (SSSR count). The van der Waals surface area contributed by atoms with Crippen molar-refractivity contribution in [3.8, 4) is 0 Å². The van der Waals surface area contributed by atoms with E-state index in [1.807, 2.05) is 0 Å². The van der Waals surface area contributed by atoms with Crippen LogP contribution in [0, 0.1) is 0 Å². The highest BCUT2D eigenvalue weighted by molar-refractivity contribution is 5.82. The summed E-state index contributed by atoms with van der Waals surface area (Å²) in [6.45, 7) is 6.95. The van der Waals surface area contributed by atoms with E-state index >= 15 is 0 Å². The van der Waals surface area contributed by atoms with E-state index in [0.717, 1.165) is 19.3 Å². The van der Waals surface area contributed by atoms with Crippen molar-refractivity contribution in [1.29, 1.82) is 0 Å². The first kappa shape index (κ1) is 24.4. The van der Waals surface area contributed by atoms with E-state index < -0.39 is 30.1 Å². The molecule has 0 saturated carbocycles. The lowest BCUT2D eigenvalue weighted by Crippen LogP contribution is -2.33. The van der Waals surface area contributed by atoms with E-state index in [0.29, 0.717) is 6.42 Å². The van der Waals surface area contributed by atoms with Crippen molar-refractivity contribution < 1.29 is 28.6 Å². The number of hydrogen-bond acceptors (Lipinski definition) is 6. The first-order chi connectivity index (χ1) is 12.4. The van der Waals surface area contributed by atoms with Crippen molar-refractivity contribution in [1.82, 2.24) is 0 Å². The quantitative estimate of drug-likeness (QED) is 0.242. The Hall–Kier alpha value is -1.59. The Bertz CT molecular complexity index is 407. The number of carbonyl (C=O) groups is 3. The fourth-order valence-electron chi connectivity index (χ4n) is 2.46. The van der Waals surface area contributed by atoms with Gasteiger partial charge in [-0.25, -0.2) is 9.59 Å². The van der Waals surface area contributed by atoms with Crippen LogP contribution in [0.2, 0.25) is 0 Å². The normalized spacial score (nSPS) is 12.9. The van der Waals surface area contributed by atoms with Crippen LogP contribution in [0.15, 0.2) is 0 Å². The summed E-state index contributed by atoms with van der Waals surface area (Å²) in [5.74, 6) is -1.78. The number of carbonyl (C=O) groups excluding carboxylic acids is 3. The minimum atomic E-state index is -1.03. The molecule has 6 heteroatoms. The van der Waals surface area contributed by atoms with Gasteiger partial charge in [0.25, 0.3) is 0 Å². The molecule has 0 radical (unpaired) electrons. The van der Waals surface area contributed by atoms with Crippen LogP contribution < -0.4 is 0 Å². The summed E-state index contributed by atoms with van der Waals surface area (Å²) in [7, 11) is 0. The average Bonchev–Trinajstić information content (AvgIpc) is 2.60. The summed E-state index contributed by atoms with van der Waals surface area (Å²) >= 11 is 0. The topological polar surface area (TPSA) is 78.9 Å². The molecule has 0 spiro atoms. The first-order valence-corrected chi connectivity index (χ1v) is 9.98. The minimum absolute atomic E-state index is 0.212. The van der Waals surface area contributed by atoms with E-state index in [1.165, 1.54) is 52.4 Å². The maximum absolute atomic E-state index is 11.8. The van der Waals surface area contributed by atoms with Crippen LogP contribution >= 0.6 is 0 Å². The second kappa shape index (κ2) is 15.6. The SMILES string of the molecule is CCCCCCCCCCCC(=O)OC(C)C(=O)OC(C)C(=O)OCC. The molecule has 0 aromatic carbocycles.